The largest absolute Gasteiger partial charge is 0.495 e. The molecule has 4 heteroatoms. The van der Waals surface area contributed by atoms with Gasteiger partial charge in [-0.05, 0) is 0 Å². The van der Waals surface area contributed by atoms with Gasteiger partial charge in [0, 0.05) is 6.92 Å². The van der Waals surface area contributed by atoms with Crippen molar-refractivity contribution in [2.45, 2.75) is 6.92 Å². The lowest BCUT2D eigenvalue weighted by molar-refractivity contribution is -1.26. The third kappa shape index (κ3) is 3.72. The van der Waals surface area contributed by atoms with E-state index in [0.29, 0.717) is 0 Å². The zero-order valence-corrected chi connectivity index (χ0v) is 3.86. The standard InChI is InChI=1S/C2H3ClO3/c1-2(4)6-3-5/h1H3. The van der Waals surface area contributed by atoms with Crippen LogP contribution in [0.5, 0.6) is 0 Å². The lowest BCUT2D eigenvalue weighted by Crippen LogP contribution is -2.07. The van der Waals surface area contributed by atoms with Crippen LogP contribution in [0.15, 0.2) is 0 Å². The van der Waals surface area contributed by atoms with Crippen LogP contribution in [0, 0.1) is 11.3 Å². The van der Waals surface area contributed by atoms with Gasteiger partial charge < -0.3 is 4.66 Å². The van der Waals surface area contributed by atoms with Crippen LogP contribution in [-0.4, -0.2) is 5.97 Å². The molecule has 0 aromatic rings. The molecule has 0 atom stereocenters. The van der Waals surface area contributed by atoms with Crippen molar-refractivity contribution in [3.63, 3.8) is 0 Å². The minimum absolute atomic E-state index is 0.196. The molecule has 0 fully saturated rings. The van der Waals surface area contributed by atoms with E-state index in [1.165, 1.54) is 0 Å². The summed E-state index contributed by atoms with van der Waals surface area (Å²) in [6, 6.07) is 0. The molecule has 0 aliphatic carbocycles. The highest BCUT2D eigenvalue weighted by atomic mass is 35.6. The van der Waals surface area contributed by atoms with Crippen LogP contribution in [0.4, 0.5) is 0 Å². The molecule has 0 unspecified atom stereocenters. The summed E-state index contributed by atoms with van der Waals surface area (Å²) in [5, 5.41) is 0. The Morgan fingerprint density at radius 2 is 2.50 bits per heavy atom. The van der Waals surface area contributed by atoms with Crippen LogP contribution >= 0.6 is 0 Å². The van der Waals surface area contributed by atoms with Gasteiger partial charge in [-0.25, -0.2) is 4.79 Å². The zero-order valence-electron chi connectivity index (χ0n) is 3.10. The van der Waals surface area contributed by atoms with Gasteiger partial charge in [0.2, 0.25) is 0 Å². The van der Waals surface area contributed by atoms with Gasteiger partial charge in [-0.3, -0.25) is 0 Å². The van der Waals surface area contributed by atoms with Crippen LogP contribution in [-0.2, 0) is 9.08 Å². The molecule has 0 radical (unpaired) electrons. The molecule has 36 valence electrons. The third-order valence-corrected chi connectivity index (χ3v) is 0.420. The third-order valence-electron chi connectivity index (χ3n) is 0.140. The topological polar surface area (TPSA) is 49.4 Å². The van der Waals surface area contributed by atoms with Crippen molar-refractivity contribution in [3.05, 3.63) is 0 Å². The van der Waals surface area contributed by atoms with E-state index in [-0.39, 0.29) is 11.3 Å². The summed E-state index contributed by atoms with van der Waals surface area (Å²) in [7, 11) is 0. The van der Waals surface area contributed by atoms with E-state index in [0.717, 1.165) is 6.92 Å². The van der Waals surface area contributed by atoms with Crippen LogP contribution in [0.1, 0.15) is 6.92 Å². The van der Waals surface area contributed by atoms with Crippen LogP contribution in [0.3, 0.4) is 0 Å². The first-order chi connectivity index (χ1) is 2.77. The first-order valence-corrected chi connectivity index (χ1v) is 1.83. The summed E-state index contributed by atoms with van der Waals surface area (Å²) in [6.45, 7) is 1.16. The monoisotopic (exact) mass is 110 g/mol. The normalized spacial score (nSPS) is 7.67. The Kier molecular flexibility index (Phi) is 2.80. The lowest BCUT2D eigenvalue weighted by Gasteiger charge is -1.74. The summed E-state index contributed by atoms with van der Waals surface area (Å²) in [4.78, 5) is 9.59. The van der Waals surface area contributed by atoms with Gasteiger partial charge in [0.25, 0.3) is 0 Å². The molecule has 0 saturated heterocycles. The van der Waals surface area contributed by atoms with E-state index >= 15 is 0 Å². The minimum atomic E-state index is -0.585. The van der Waals surface area contributed by atoms with Crippen molar-refractivity contribution in [3.8, 4) is 0 Å². The predicted molar refractivity (Wildman–Crippen MR) is 11.8 cm³/mol. The highest BCUT2D eigenvalue weighted by molar-refractivity contribution is 5.64. The van der Waals surface area contributed by atoms with Crippen LogP contribution in [0.2, 0.25) is 0 Å². The molecular weight excluding hydrogens is 107 g/mol. The Balaban J connectivity index is 2.83. The van der Waals surface area contributed by atoms with E-state index in [1.54, 1.807) is 0 Å². The molecule has 0 aromatic heterocycles. The Bertz CT molecular complexity index is 52.8. The summed E-state index contributed by atoms with van der Waals surface area (Å²) in [5.41, 5.74) is 0. The first kappa shape index (κ1) is 5.72. The van der Waals surface area contributed by atoms with Gasteiger partial charge >= 0.3 is 17.3 Å². The van der Waals surface area contributed by atoms with Gasteiger partial charge in [-0.1, -0.05) is 0 Å². The quantitative estimate of drug-likeness (QED) is 0.427. The maximum absolute atomic E-state index is 9.59. The predicted octanol–water partition coefficient (Wildman–Crippen LogP) is -1.18. The fraction of sp³-hybridized carbons (Fsp3) is 0.500. The summed E-state index contributed by atoms with van der Waals surface area (Å²) in [6.07, 6.45) is 0. The number of carbonyl (C=O) groups is 1. The molecule has 0 amide bonds. The number of halogens is 1. The van der Waals surface area contributed by atoms with Crippen molar-refractivity contribution in [2.24, 2.45) is 0 Å². The van der Waals surface area contributed by atoms with Gasteiger partial charge in [0.05, 0.1) is 0 Å². The smallest absolute Gasteiger partial charge is 0.396 e. The molecule has 0 N–H and O–H groups in total. The van der Waals surface area contributed by atoms with Crippen molar-refractivity contribution in [1.29, 1.82) is 0 Å². The second-order valence-electron chi connectivity index (χ2n) is 0.632. The average Bonchev–Trinajstić information content (AvgIpc) is 1.35. The second kappa shape index (κ2) is 2.93. The summed E-state index contributed by atoms with van der Waals surface area (Å²) < 4.78 is 12.9. The molecule has 0 bridgehead atoms. The molecule has 0 heterocycles. The van der Waals surface area contributed by atoms with Crippen molar-refractivity contribution < 1.29 is 25.1 Å². The van der Waals surface area contributed by atoms with E-state index in [1.807, 2.05) is 0 Å². The van der Waals surface area contributed by atoms with E-state index in [4.69, 9.17) is 4.66 Å². The Morgan fingerprint density at radius 1 is 2.00 bits per heavy atom. The lowest BCUT2D eigenvalue weighted by atomic mass is 10.9. The highest BCUT2D eigenvalue weighted by Crippen LogP contribution is 1.67. The number of hydrogen-bond acceptors (Lipinski definition) is 3. The van der Waals surface area contributed by atoms with E-state index < -0.39 is 5.97 Å². The number of rotatable bonds is 1. The van der Waals surface area contributed by atoms with Crippen molar-refractivity contribution >= 4 is 5.97 Å². The minimum Gasteiger partial charge on any atom is -0.495 e. The van der Waals surface area contributed by atoms with Gasteiger partial charge in [0.1, 0.15) is 0 Å². The molecular formula is C2H3ClO3. The molecule has 6 heavy (non-hydrogen) atoms. The first-order valence-electron chi connectivity index (χ1n) is 1.22. The van der Waals surface area contributed by atoms with Crippen molar-refractivity contribution in [1.82, 2.24) is 0 Å². The Hall–Kier alpha value is -0.280. The van der Waals surface area contributed by atoms with Gasteiger partial charge in [-0.2, -0.15) is 4.29 Å². The summed E-state index contributed by atoms with van der Waals surface area (Å²) in [5.74, 6) is -0.585. The van der Waals surface area contributed by atoms with Crippen LogP contribution < -0.4 is 4.66 Å². The molecule has 0 aliphatic heterocycles. The molecule has 0 rings (SSSR count). The molecule has 0 aromatic carbocycles. The fourth-order valence-electron chi connectivity index (χ4n) is 0.0444. The maximum atomic E-state index is 9.59. The average molecular weight is 110 g/mol. The number of carbonyl (C=O) groups excluding carboxylic acids is 1. The van der Waals surface area contributed by atoms with Crippen molar-refractivity contribution in [2.75, 3.05) is 0 Å². The number of hydrogen-bond donors (Lipinski definition) is 0. The molecule has 0 saturated carbocycles. The van der Waals surface area contributed by atoms with Gasteiger partial charge in [0.15, 0.2) is 0 Å². The second-order valence-corrected chi connectivity index (χ2v) is 0.912. The van der Waals surface area contributed by atoms with E-state index in [9.17, 15) is 4.79 Å². The molecule has 0 spiro atoms. The fourth-order valence-corrected chi connectivity index (χ4v) is 0.133. The van der Waals surface area contributed by atoms with Crippen LogP contribution in [0.25, 0.3) is 0 Å². The molecule has 0 aliphatic rings. The van der Waals surface area contributed by atoms with Gasteiger partial charge in [-0.15, -0.1) is 0 Å². The highest BCUT2D eigenvalue weighted by Gasteiger charge is 1.94. The van der Waals surface area contributed by atoms with E-state index in [2.05, 4.69) is 4.29 Å². The maximum Gasteiger partial charge on any atom is 0.396 e. The molecule has 3 nitrogen and oxygen atoms in total. The Morgan fingerprint density at radius 3 is 2.50 bits per heavy atom. The Labute approximate surface area is 39.0 Å². The SMILES string of the molecule is CC(=O)O[Cl+][O-]. The summed E-state index contributed by atoms with van der Waals surface area (Å²) >= 11 is 0.196. The zero-order chi connectivity index (χ0) is 4.99.